The van der Waals surface area contributed by atoms with Crippen molar-refractivity contribution in [2.75, 3.05) is 31.1 Å². The largest absolute Gasteiger partial charge is 0.459 e. The molecule has 1 aromatic carbocycles. The fourth-order valence-electron chi connectivity index (χ4n) is 2.74. The minimum Gasteiger partial charge on any atom is -0.459 e. The molecule has 0 bridgehead atoms. The molecule has 1 fully saturated rings. The molecule has 3 rings (SSSR count). The Morgan fingerprint density at radius 2 is 1.92 bits per heavy atom. The molecule has 6 nitrogen and oxygen atoms in total. The smallest absolute Gasteiger partial charge is 0.184 e. The minimum atomic E-state index is -0.206. The molecule has 0 unspecified atom stereocenters. The monoisotopic (exact) mass is 361 g/mol. The Balaban J connectivity index is 1.49. The summed E-state index contributed by atoms with van der Waals surface area (Å²) in [6.45, 7) is 4.39. The van der Waals surface area contributed by atoms with Gasteiger partial charge in [-0.25, -0.2) is 4.39 Å². The van der Waals surface area contributed by atoms with Gasteiger partial charge in [-0.15, -0.1) is 0 Å². The molecule has 2 aromatic rings. The maximum atomic E-state index is 13.0. The summed E-state index contributed by atoms with van der Waals surface area (Å²) in [6, 6.07) is 10.4. The van der Waals surface area contributed by atoms with Crippen LogP contribution in [0.25, 0.3) is 0 Å². The summed E-state index contributed by atoms with van der Waals surface area (Å²) in [7, 11) is 0. The average molecular weight is 361 g/mol. The van der Waals surface area contributed by atoms with Crippen molar-refractivity contribution in [3.05, 3.63) is 53.7 Å². The molecule has 0 atom stereocenters. The van der Waals surface area contributed by atoms with Crippen LogP contribution in [0.5, 0.6) is 0 Å². The zero-order valence-electron chi connectivity index (χ0n) is 13.7. The van der Waals surface area contributed by atoms with E-state index in [2.05, 4.69) is 32.5 Å². The number of nitrogens with two attached hydrogens (primary N) is 1. The summed E-state index contributed by atoms with van der Waals surface area (Å²) in [5.74, 6) is 1.32. The third kappa shape index (κ3) is 5.01. The van der Waals surface area contributed by atoms with Crippen LogP contribution in [0.3, 0.4) is 0 Å². The van der Waals surface area contributed by atoms with Gasteiger partial charge in [0.2, 0.25) is 0 Å². The normalized spacial score (nSPS) is 15.6. The number of rotatable bonds is 5. The van der Waals surface area contributed by atoms with Gasteiger partial charge < -0.3 is 15.1 Å². The van der Waals surface area contributed by atoms with E-state index in [0.29, 0.717) is 5.76 Å². The first-order valence-corrected chi connectivity index (χ1v) is 8.41. The van der Waals surface area contributed by atoms with Crippen LogP contribution in [0.1, 0.15) is 11.5 Å². The summed E-state index contributed by atoms with van der Waals surface area (Å²) >= 11 is 4.67. The predicted octanol–water partition coefficient (Wildman–Crippen LogP) is 1.91. The zero-order valence-corrected chi connectivity index (χ0v) is 14.5. The van der Waals surface area contributed by atoms with Crippen molar-refractivity contribution in [1.29, 1.82) is 0 Å². The van der Waals surface area contributed by atoms with Crippen LogP contribution in [0.2, 0.25) is 0 Å². The van der Waals surface area contributed by atoms with Crippen LogP contribution in [-0.2, 0) is 6.54 Å². The highest BCUT2D eigenvalue weighted by atomic mass is 32.1. The lowest BCUT2D eigenvalue weighted by Gasteiger charge is -2.35. The third-order valence-electron chi connectivity index (χ3n) is 3.99. The van der Waals surface area contributed by atoms with Gasteiger partial charge in [-0.3, -0.25) is 10.3 Å². The van der Waals surface area contributed by atoms with E-state index in [1.54, 1.807) is 0 Å². The Kier molecular flexibility index (Phi) is 5.62. The van der Waals surface area contributed by atoms with Crippen molar-refractivity contribution in [3.63, 3.8) is 0 Å². The topological polar surface area (TPSA) is 70.0 Å². The molecule has 2 heterocycles. The molecular formula is C17H20FN5OS. The molecule has 1 aliphatic rings. The summed E-state index contributed by atoms with van der Waals surface area (Å²) in [6.07, 6.45) is 1.54. The van der Waals surface area contributed by atoms with E-state index in [-0.39, 0.29) is 10.9 Å². The van der Waals surface area contributed by atoms with Gasteiger partial charge in [0.05, 0.1) is 12.8 Å². The van der Waals surface area contributed by atoms with Crippen LogP contribution >= 0.6 is 12.2 Å². The third-order valence-corrected chi connectivity index (χ3v) is 4.08. The highest BCUT2D eigenvalue weighted by Crippen LogP contribution is 2.18. The quantitative estimate of drug-likeness (QED) is 0.482. The van der Waals surface area contributed by atoms with Gasteiger partial charge in [0.15, 0.2) is 5.11 Å². The molecule has 25 heavy (non-hydrogen) atoms. The molecule has 1 aliphatic heterocycles. The minimum absolute atomic E-state index is 0.113. The molecule has 0 amide bonds. The van der Waals surface area contributed by atoms with E-state index in [1.807, 2.05) is 24.3 Å². The van der Waals surface area contributed by atoms with E-state index in [1.165, 1.54) is 18.3 Å². The van der Waals surface area contributed by atoms with Crippen LogP contribution in [-0.4, -0.2) is 42.4 Å². The highest BCUT2D eigenvalue weighted by Gasteiger charge is 2.18. The standard InChI is InChI=1S/C17H20FN5OS/c18-13-1-3-14(4-2-13)23-9-7-22(8-10-23)12-16-6-5-15(24-16)11-20-21-17(19)25/h1-6,11H,7-10,12H2,(H3,19,21,25)/b20-11+. The van der Waals surface area contributed by atoms with Crippen LogP contribution in [0.4, 0.5) is 10.1 Å². The maximum Gasteiger partial charge on any atom is 0.184 e. The summed E-state index contributed by atoms with van der Waals surface area (Å²) in [5.41, 5.74) is 8.84. The fraction of sp³-hybridized carbons (Fsp3) is 0.294. The van der Waals surface area contributed by atoms with Crippen molar-refractivity contribution in [1.82, 2.24) is 10.3 Å². The van der Waals surface area contributed by atoms with Gasteiger partial charge in [-0.05, 0) is 48.6 Å². The van der Waals surface area contributed by atoms with Crippen molar-refractivity contribution >= 4 is 29.2 Å². The molecule has 0 spiro atoms. The van der Waals surface area contributed by atoms with E-state index in [9.17, 15) is 4.39 Å². The first-order valence-electron chi connectivity index (χ1n) is 8.00. The lowest BCUT2D eigenvalue weighted by Crippen LogP contribution is -2.45. The van der Waals surface area contributed by atoms with Gasteiger partial charge >= 0.3 is 0 Å². The first-order chi connectivity index (χ1) is 12.1. The maximum absolute atomic E-state index is 13.0. The Hall–Kier alpha value is -2.45. The van der Waals surface area contributed by atoms with Gasteiger partial charge in [0.25, 0.3) is 0 Å². The average Bonchev–Trinajstić information content (AvgIpc) is 3.03. The van der Waals surface area contributed by atoms with E-state index >= 15 is 0 Å². The molecular weight excluding hydrogens is 341 g/mol. The first kappa shape index (κ1) is 17.4. The SMILES string of the molecule is NC(=S)N/N=C/c1ccc(CN2CCN(c3ccc(F)cc3)CC2)o1. The second-order valence-corrected chi connectivity index (χ2v) is 6.22. The van der Waals surface area contributed by atoms with Gasteiger partial charge in [0.1, 0.15) is 17.3 Å². The van der Waals surface area contributed by atoms with Crippen LogP contribution < -0.4 is 16.1 Å². The molecule has 0 saturated carbocycles. The second-order valence-electron chi connectivity index (χ2n) is 5.78. The Morgan fingerprint density at radius 1 is 1.20 bits per heavy atom. The van der Waals surface area contributed by atoms with E-state index in [0.717, 1.165) is 44.2 Å². The van der Waals surface area contributed by atoms with Crippen molar-refractivity contribution in [2.45, 2.75) is 6.54 Å². The van der Waals surface area contributed by atoms with Gasteiger partial charge in [0, 0.05) is 31.9 Å². The van der Waals surface area contributed by atoms with Crippen molar-refractivity contribution < 1.29 is 8.81 Å². The number of furan rings is 1. The second kappa shape index (κ2) is 8.09. The lowest BCUT2D eigenvalue weighted by atomic mass is 10.2. The number of hydrazone groups is 1. The number of halogens is 1. The predicted molar refractivity (Wildman–Crippen MR) is 100 cm³/mol. The zero-order chi connectivity index (χ0) is 17.6. The molecule has 0 aliphatic carbocycles. The molecule has 1 aromatic heterocycles. The highest BCUT2D eigenvalue weighted by molar-refractivity contribution is 7.80. The number of nitrogens with one attached hydrogen (secondary N) is 1. The summed E-state index contributed by atoms with van der Waals surface area (Å²) in [4.78, 5) is 4.59. The van der Waals surface area contributed by atoms with Crippen LogP contribution in [0.15, 0.2) is 45.9 Å². The molecule has 0 radical (unpaired) electrons. The number of piperazine rings is 1. The number of anilines is 1. The molecule has 1 saturated heterocycles. The number of thiocarbonyl (C=S) groups is 1. The molecule has 132 valence electrons. The number of benzene rings is 1. The molecule has 3 N–H and O–H groups in total. The number of hydrogen-bond acceptors (Lipinski definition) is 5. The number of hydrogen-bond donors (Lipinski definition) is 2. The fourth-order valence-corrected chi connectivity index (χ4v) is 2.80. The van der Waals surface area contributed by atoms with Gasteiger partial charge in [-0.2, -0.15) is 5.10 Å². The Labute approximate surface area is 151 Å². The van der Waals surface area contributed by atoms with Crippen molar-refractivity contribution in [3.8, 4) is 0 Å². The lowest BCUT2D eigenvalue weighted by molar-refractivity contribution is 0.230. The Morgan fingerprint density at radius 3 is 2.60 bits per heavy atom. The summed E-state index contributed by atoms with van der Waals surface area (Å²) in [5, 5.41) is 3.98. The summed E-state index contributed by atoms with van der Waals surface area (Å²) < 4.78 is 18.7. The van der Waals surface area contributed by atoms with Crippen molar-refractivity contribution in [2.24, 2.45) is 10.8 Å². The van der Waals surface area contributed by atoms with Crippen LogP contribution in [0, 0.1) is 5.82 Å². The Bertz CT molecular complexity index is 738. The van der Waals surface area contributed by atoms with E-state index < -0.39 is 0 Å². The molecule has 8 heteroatoms. The number of nitrogens with zero attached hydrogens (tertiary/aromatic N) is 3. The van der Waals surface area contributed by atoms with E-state index in [4.69, 9.17) is 10.2 Å². The van der Waals surface area contributed by atoms with Gasteiger partial charge in [-0.1, -0.05) is 0 Å².